The molecule has 1 fully saturated rings. The van der Waals surface area contributed by atoms with Crippen molar-refractivity contribution in [3.8, 4) is 5.75 Å². The van der Waals surface area contributed by atoms with E-state index in [4.69, 9.17) is 9.47 Å². The van der Waals surface area contributed by atoms with Crippen molar-refractivity contribution in [3.05, 3.63) is 101 Å². The summed E-state index contributed by atoms with van der Waals surface area (Å²) in [4.78, 5) is 6.62. The van der Waals surface area contributed by atoms with E-state index in [0.717, 1.165) is 31.6 Å². The summed E-state index contributed by atoms with van der Waals surface area (Å²) in [6.45, 7) is 3.08. The molecule has 1 aliphatic heterocycles. The van der Waals surface area contributed by atoms with Gasteiger partial charge in [-0.15, -0.1) is 0 Å². The number of aromatic nitrogens is 1. The summed E-state index contributed by atoms with van der Waals surface area (Å²) in [5.41, 5.74) is 6.12. The first-order chi connectivity index (χ1) is 16.2. The van der Waals surface area contributed by atoms with Gasteiger partial charge in [-0.25, -0.2) is 0 Å². The molecule has 0 radical (unpaired) electrons. The van der Waals surface area contributed by atoms with Crippen LogP contribution in [-0.4, -0.2) is 54.4 Å². The molecular weight excluding hydrogens is 412 g/mol. The van der Waals surface area contributed by atoms with Gasteiger partial charge in [0.05, 0.1) is 26.4 Å². The lowest BCUT2D eigenvalue weighted by Crippen LogP contribution is -2.38. The Morgan fingerprint density at radius 2 is 1.58 bits per heavy atom. The first-order valence-corrected chi connectivity index (χ1v) is 11.5. The van der Waals surface area contributed by atoms with E-state index in [-0.39, 0.29) is 6.61 Å². The van der Waals surface area contributed by atoms with Crippen LogP contribution in [0, 0.1) is 0 Å². The molecule has 3 aromatic rings. The third-order valence-electron chi connectivity index (χ3n) is 6.02. The van der Waals surface area contributed by atoms with E-state index in [9.17, 15) is 5.11 Å². The summed E-state index contributed by atoms with van der Waals surface area (Å²) < 4.78 is 11.0. The molecule has 1 N–H and O–H groups in total. The minimum atomic E-state index is -0.534. The van der Waals surface area contributed by atoms with Crippen molar-refractivity contribution in [2.24, 2.45) is 0 Å². The van der Waals surface area contributed by atoms with Gasteiger partial charge in [-0.1, -0.05) is 66.2 Å². The standard InChI is InChI=1S/C28H32N2O3/c1-32-27-13-8-16-29-26(27)21-33-20-25(31)19-30-17-14-24(15-18-30)28(22-9-4-2-5-10-22)23-11-6-3-7-12-23/h2-13,16,25,31H,14-15,17-21H2,1H3. The molecule has 33 heavy (non-hydrogen) atoms. The maximum atomic E-state index is 10.5. The van der Waals surface area contributed by atoms with Gasteiger partial charge in [0, 0.05) is 25.8 Å². The van der Waals surface area contributed by atoms with Gasteiger partial charge in [-0.3, -0.25) is 4.98 Å². The fraction of sp³-hybridized carbons (Fsp3) is 0.321. The van der Waals surface area contributed by atoms with E-state index in [0.29, 0.717) is 18.9 Å². The number of rotatable bonds is 9. The van der Waals surface area contributed by atoms with E-state index in [1.54, 1.807) is 13.3 Å². The lowest BCUT2D eigenvalue weighted by atomic mass is 9.88. The Bertz CT molecular complexity index is 986. The van der Waals surface area contributed by atoms with Crippen molar-refractivity contribution in [1.82, 2.24) is 9.88 Å². The maximum Gasteiger partial charge on any atom is 0.142 e. The Hall–Kier alpha value is -2.99. The molecule has 1 aliphatic rings. The molecule has 0 aliphatic carbocycles. The number of benzene rings is 2. The van der Waals surface area contributed by atoms with E-state index >= 15 is 0 Å². The van der Waals surface area contributed by atoms with Crippen LogP contribution < -0.4 is 4.74 Å². The maximum absolute atomic E-state index is 10.5. The Balaban J connectivity index is 1.33. The van der Waals surface area contributed by atoms with Gasteiger partial charge >= 0.3 is 0 Å². The van der Waals surface area contributed by atoms with Crippen LogP contribution in [0.5, 0.6) is 5.75 Å². The molecule has 5 heteroatoms. The number of aliphatic hydroxyl groups is 1. The highest BCUT2D eigenvalue weighted by Crippen LogP contribution is 2.32. The highest BCUT2D eigenvalue weighted by molar-refractivity contribution is 5.82. The Morgan fingerprint density at radius 1 is 0.939 bits per heavy atom. The second kappa shape index (κ2) is 11.8. The zero-order chi connectivity index (χ0) is 22.9. The zero-order valence-electron chi connectivity index (χ0n) is 19.2. The summed E-state index contributed by atoms with van der Waals surface area (Å²) in [5, 5.41) is 10.5. The van der Waals surface area contributed by atoms with Crippen molar-refractivity contribution in [2.75, 3.05) is 33.4 Å². The van der Waals surface area contributed by atoms with Crippen molar-refractivity contribution < 1.29 is 14.6 Å². The summed E-state index contributed by atoms with van der Waals surface area (Å²) in [5.74, 6) is 0.704. The van der Waals surface area contributed by atoms with Crippen LogP contribution in [0.4, 0.5) is 0 Å². The van der Waals surface area contributed by atoms with Crippen molar-refractivity contribution in [3.63, 3.8) is 0 Å². The summed E-state index contributed by atoms with van der Waals surface area (Å²) in [7, 11) is 1.62. The van der Waals surface area contributed by atoms with Crippen LogP contribution in [0.15, 0.2) is 84.6 Å². The minimum absolute atomic E-state index is 0.276. The molecule has 0 saturated carbocycles. The molecule has 0 bridgehead atoms. The minimum Gasteiger partial charge on any atom is -0.495 e. The third kappa shape index (κ3) is 6.29. The van der Waals surface area contributed by atoms with Crippen LogP contribution in [0.3, 0.4) is 0 Å². The van der Waals surface area contributed by atoms with E-state index in [2.05, 4.69) is 70.5 Å². The van der Waals surface area contributed by atoms with Crippen molar-refractivity contribution in [1.29, 1.82) is 0 Å². The van der Waals surface area contributed by atoms with Gasteiger partial charge in [-0.2, -0.15) is 0 Å². The van der Waals surface area contributed by atoms with Crippen LogP contribution in [0.1, 0.15) is 29.7 Å². The smallest absolute Gasteiger partial charge is 0.142 e. The molecule has 1 atom stereocenters. The van der Waals surface area contributed by atoms with Gasteiger partial charge in [0.1, 0.15) is 11.4 Å². The molecule has 0 amide bonds. The van der Waals surface area contributed by atoms with Crippen molar-refractivity contribution >= 4 is 5.57 Å². The van der Waals surface area contributed by atoms with E-state index in [1.165, 1.54) is 22.3 Å². The number of hydrogen-bond donors (Lipinski definition) is 1. The average Bonchev–Trinajstić information content (AvgIpc) is 2.87. The Labute approximate surface area is 196 Å². The topological polar surface area (TPSA) is 54.8 Å². The molecule has 1 saturated heterocycles. The quantitative estimate of drug-likeness (QED) is 0.524. The third-order valence-corrected chi connectivity index (χ3v) is 6.02. The average molecular weight is 445 g/mol. The number of nitrogens with zero attached hydrogens (tertiary/aromatic N) is 2. The first kappa shape index (κ1) is 23.2. The molecule has 1 unspecified atom stereocenters. The summed E-state index contributed by atoms with van der Waals surface area (Å²) in [6, 6.07) is 25.0. The molecule has 5 nitrogen and oxygen atoms in total. The van der Waals surface area contributed by atoms with E-state index in [1.807, 2.05) is 12.1 Å². The number of piperidine rings is 1. The fourth-order valence-corrected chi connectivity index (χ4v) is 4.40. The number of β-amino-alcohol motifs (C(OH)–C–C–N with tert-alkyl or cyclic N) is 1. The molecular formula is C28H32N2O3. The number of hydrogen-bond acceptors (Lipinski definition) is 5. The number of methoxy groups -OCH3 is 1. The molecule has 2 heterocycles. The molecule has 4 rings (SSSR count). The van der Waals surface area contributed by atoms with Gasteiger partial charge in [-0.05, 0) is 41.7 Å². The van der Waals surface area contributed by atoms with Gasteiger partial charge < -0.3 is 19.5 Å². The number of pyridine rings is 1. The van der Waals surface area contributed by atoms with Gasteiger partial charge in [0.2, 0.25) is 0 Å². The molecule has 172 valence electrons. The lowest BCUT2D eigenvalue weighted by Gasteiger charge is -2.31. The van der Waals surface area contributed by atoms with Crippen molar-refractivity contribution in [2.45, 2.75) is 25.6 Å². The van der Waals surface area contributed by atoms with Crippen LogP contribution in [-0.2, 0) is 11.3 Å². The summed E-state index contributed by atoms with van der Waals surface area (Å²) in [6.07, 6.45) is 3.18. The second-order valence-corrected chi connectivity index (χ2v) is 8.33. The Kier molecular flexibility index (Phi) is 8.25. The second-order valence-electron chi connectivity index (χ2n) is 8.33. The zero-order valence-corrected chi connectivity index (χ0v) is 19.2. The SMILES string of the molecule is COc1cccnc1COCC(O)CN1CCC(=C(c2ccccc2)c2ccccc2)CC1. The van der Waals surface area contributed by atoms with Gasteiger partial charge in [0.25, 0.3) is 0 Å². The lowest BCUT2D eigenvalue weighted by molar-refractivity contribution is 0.00734. The molecule has 0 spiro atoms. The normalized spacial score (nSPS) is 15.3. The highest BCUT2D eigenvalue weighted by atomic mass is 16.5. The van der Waals surface area contributed by atoms with Crippen LogP contribution in [0.25, 0.3) is 5.57 Å². The first-order valence-electron chi connectivity index (χ1n) is 11.5. The number of aliphatic hydroxyl groups excluding tert-OH is 1. The fourth-order valence-electron chi connectivity index (χ4n) is 4.40. The summed E-state index contributed by atoms with van der Waals surface area (Å²) >= 11 is 0. The monoisotopic (exact) mass is 444 g/mol. The number of ether oxygens (including phenoxy) is 2. The highest BCUT2D eigenvalue weighted by Gasteiger charge is 2.21. The number of likely N-dealkylation sites (tertiary alicyclic amines) is 1. The Morgan fingerprint density at radius 3 is 2.18 bits per heavy atom. The van der Waals surface area contributed by atoms with Gasteiger partial charge in [0.15, 0.2) is 0 Å². The van der Waals surface area contributed by atoms with Crippen LogP contribution >= 0.6 is 0 Å². The van der Waals surface area contributed by atoms with E-state index < -0.39 is 6.10 Å². The largest absolute Gasteiger partial charge is 0.495 e. The van der Waals surface area contributed by atoms with Crippen LogP contribution in [0.2, 0.25) is 0 Å². The predicted octanol–water partition coefficient (Wildman–Crippen LogP) is 4.57. The molecule has 2 aromatic carbocycles. The molecule has 1 aromatic heterocycles. The predicted molar refractivity (Wildman–Crippen MR) is 131 cm³/mol.